The average Bonchev–Trinajstić information content (AvgIpc) is 3.56. The standard InChI is InChI=1S/C50H82N12O23/c1-20(2)15-28(60-45(78)27(56-23(5)65)11-13-35(71)72)46(79)55-21(3)43(76)61-36(48(81)59-26(10-12-32(51)68)44(77)54-17-34(70)62-14-8-9-29(62)47(80)53-16-33(52)69)22(4)82-50-38(58-25(7)67)42(40(74)31(19-64)84-50)85-49-37(57-24(6)66)41(75)39(73)30(18-63)83-49/h20-22,26-31,36-42,49-50,63-64,73-75H,8-19H2,1-7H3,(H2,51,68)(H2,52,69)(H,53,80)(H,54,77)(H,55,79)(H,56,65)(H,57,66)(H,58,67)(H,59,81)(H,60,78)(H,61,76)(H,71,72)/t21-,22+,26-,27-,28-,29-,30+,31+,36-,37+,38+,39-,40-,41+,42+,49+,50-/m0/s1. The van der Waals surface area contributed by atoms with Crippen LogP contribution in [0.15, 0.2) is 0 Å². The predicted octanol–water partition coefficient (Wildman–Crippen LogP) is -9.35. The van der Waals surface area contributed by atoms with E-state index in [2.05, 4.69) is 47.9 Å². The van der Waals surface area contributed by atoms with Gasteiger partial charge >= 0.3 is 5.97 Å². The van der Waals surface area contributed by atoms with Crippen molar-refractivity contribution >= 4 is 76.9 Å². The molecule has 17 atom stereocenters. The van der Waals surface area contributed by atoms with Gasteiger partial charge < -0.3 is 114 Å². The molecule has 3 heterocycles. The zero-order valence-corrected chi connectivity index (χ0v) is 48.1. The van der Waals surface area contributed by atoms with Crippen molar-refractivity contribution in [1.82, 2.24) is 52.8 Å². The molecular weight excluding hydrogens is 1140 g/mol. The van der Waals surface area contributed by atoms with E-state index in [0.717, 1.165) is 39.5 Å². The second kappa shape index (κ2) is 34.0. The molecule has 35 nitrogen and oxygen atoms in total. The molecule has 0 aromatic carbocycles. The number of nitrogens with two attached hydrogens (primary N) is 2. The molecule has 0 saturated carbocycles. The molecule has 3 aliphatic rings. The number of nitrogens with one attached hydrogen (secondary N) is 9. The molecule has 0 aliphatic carbocycles. The molecule has 35 heteroatoms. The van der Waals surface area contributed by atoms with Crippen LogP contribution in [0.5, 0.6) is 0 Å². The summed E-state index contributed by atoms with van der Waals surface area (Å²) in [6.07, 6.45) is -17.7. The van der Waals surface area contributed by atoms with Crippen LogP contribution in [0.3, 0.4) is 0 Å². The van der Waals surface area contributed by atoms with Crippen molar-refractivity contribution in [2.24, 2.45) is 17.4 Å². The van der Waals surface area contributed by atoms with Crippen molar-refractivity contribution in [2.75, 3.05) is 32.8 Å². The number of carboxylic acids is 1. The quantitative estimate of drug-likeness (QED) is 0.0297. The molecule has 480 valence electrons. The summed E-state index contributed by atoms with van der Waals surface area (Å²) in [5, 5.41) is 84.4. The maximum absolute atomic E-state index is 14.7. The first-order valence-corrected chi connectivity index (χ1v) is 27.3. The lowest BCUT2D eigenvalue weighted by Crippen LogP contribution is -2.70. The number of carboxylic acid groups (broad SMARTS) is 1. The minimum Gasteiger partial charge on any atom is -0.481 e. The van der Waals surface area contributed by atoms with Crippen LogP contribution >= 0.6 is 0 Å². The largest absolute Gasteiger partial charge is 0.481 e. The number of carbonyl (C=O) groups excluding carboxylic acids is 12. The Bertz CT molecular complexity index is 2400. The Morgan fingerprint density at radius 3 is 1.74 bits per heavy atom. The minimum absolute atomic E-state index is 0.0603. The van der Waals surface area contributed by atoms with Crippen LogP contribution < -0.4 is 59.3 Å². The highest BCUT2D eigenvalue weighted by Crippen LogP contribution is 2.31. The second-order valence-electron chi connectivity index (χ2n) is 21.1. The number of likely N-dealkylation sites (tertiary alicyclic amines) is 1. The number of hydrogen-bond acceptors (Lipinski definition) is 22. The SMILES string of the molecule is CC(=O)N[C@H]1[C@@H](O[C@H]2[C@@H](O)[C@@H](CO)O[C@H](O[C@H](C)[C@H](NC(=O)[C@H](C)NC(=O)[C@H](CC(C)C)NC(=O)[C@H](CCC(=O)O)NC(C)=O)C(=O)N[C@@H](CCC(N)=O)C(=O)NCC(=O)N3CCC[C@H]3C(=O)NCC(N)=O)[C@@H]2NC(C)=O)O[C@H](CO)[C@H](O)[C@@H]1O. The lowest BCUT2D eigenvalue weighted by Gasteiger charge is -2.48. The number of aliphatic hydroxyl groups excluding tert-OH is 5. The topological polar surface area (TPSA) is 544 Å². The van der Waals surface area contributed by atoms with Crippen molar-refractivity contribution in [3.63, 3.8) is 0 Å². The maximum Gasteiger partial charge on any atom is 0.303 e. The summed E-state index contributed by atoms with van der Waals surface area (Å²) in [6.45, 7) is 5.74. The van der Waals surface area contributed by atoms with E-state index in [9.17, 15) is 93.0 Å². The average molecular weight is 1220 g/mol. The third-order valence-corrected chi connectivity index (χ3v) is 13.6. The summed E-state index contributed by atoms with van der Waals surface area (Å²) in [4.78, 5) is 169. The Morgan fingerprint density at radius 1 is 0.612 bits per heavy atom. The minimum atomic E-state index is -2.05. The highest BCUT2D eigenvalue weighted by Gasteiger charge is 2.53. The van der Waals surface area contributed by atoms with E-state index in [0.29, 0.717) is 6.42 Å². The lowest BCUT2D eigenvalue weighted by molar-refractivity contribution is -0.332. The van der Waals surface area contributed by atoms with E-state index in [4.69, 9.17) is 30.4 Å². The van der Waals surface area contributed by atoms with Crippen LogP contribution in [0.25, 0.3) is 0 Å². The Labute approximate surface area is 487 Å². The van der Waals surface area contributed by atoms with E-state index in [1.165, 1.54) is 0 Å². The molecule has 3 saturated heterocycles. The zero-order valence-electron chi connectivity index (χ0n) is 48.1. The van der Waals surface area contributed by atoms with Crippen molar-refractivity contribution in [1.29, 1.82) is 0 Å². The first-order valence-electron chi connectivity index (χ1n) is 27.3. The van der Waals surface area contributed by atoms with Crippen molar-refractivity contribution in [3.8, 4) is 0 Å². The van der Waals surface area contributed by atoms with Gasteiger partial charge in [0.05, 0.1) is 32.4 Å². The van der Waals surface area contributed by atoms with Gasteiger partial charge in [-0.1, -0.05) is 13.8 Å². The van der Waals surface area contributed by atoms with E-state index < -0.39 is 226 Å². The number of ether oxygens (including phenoxy) is 4. The van der Waals surface area contributed by atoms with Gasteiger partial charge in [-0.3, -0.25) is 62.3 Å². The van der Waals surface area contributed by atoms with E-state index in [1.807, 2.05) is 0 Å². The summed E-state index contributed by atoms with van der Waals surface area (Å²) in [7, 11) is 0. The van der Waals surface area contributed by atoms with Crippen LogP contribution in [0.4, 0.5) is 0 Å². The van der Waals surface area contributed by atoms with Gasteiger partial charge in [-0.2, -0.15) is 0 Å². The number of carbonyl (C=O) groups is 13. The molecule has 3 rings (SSSR count). The molecule has 85 heavy (non-hydrogen) atoms. The number of aliphatic carboxylic acids is 1. The fourth-order valence-corrected chi connectivity index (χ4v) is 9.41. The zero-order chi connectivity index (χ0) is 64.2. The smallest absolute Gasteiger partial charge is 0.303 e. The predicted molar refractivity (Wildman–Crippen MR) is 286 cm³/mol. The Morgan fingerprint density at radius 2 is 1.18 bits per heavy atom. The van der Waals surface area contributed by atoms with Gasteiger partial charge in [-0.05, 0) is 51.9 Å². The molecule has 12 amide bonds. The van der Waals surface area contributed by atoms with Gasteiger partial charge in [0.1, 0.15) is 85.0 Å². The van der Waals surface area contributed by atoms with Gasteiger partial charge in [0.2, 0.25) is 70.9 Å². The highest BCUT2D eigenvalue weighted by molar-refractivity contribution is 5.97. The van der Waals surface area contributed by atoms with Gasteiger partial charge in [0.15, 0.2) is 12.6 Å². The number of aliphatic hydroxyl groups is 5. The number of primary amides is 2. The number of nitrogens with zero attached hydrogens (tertiary/aromatic N) is 1. The number of rotatable bonds is 32. The maximum atomic E-state index is 14.7. The summed E-state index contributed by atoms with van der Waals surface area (Å²) in [5.41, 5.74) is 10.5. The van der Waals surface area contributed by atoms with Crippen LogP contribution in [-0.4, -0.2) is 249 Å². The second-order valence-corrected chi connectivity index (χ2v) is 21.1. The summed E-state index contributed by atoms with van der Waals surface area (Å²) in [6, 6.07) is -12.6. The van der Waals surface area contributed by atoms with Crippen LogP contribution in [0, 0.1) is 5.92 Å². The fourth-order valence-electron chi connectivity index (χ4n) is 9.41. The van der Waals surface area contributed by atoms with Crippen molar-refractivity contribution < 1.29 is 112 Å². The van der Waals surface area contributed by atoms with Crippen LogP contribution in [0.2, 0.25) is 0 Å². The third kappa shape index (κ3) is 22.3. The summed E-state index contributed by atoms with van der Waals surface area (Å²) >= 11 is 0. The first-order chi connectivity index (χ1) is 39.8. The Kier molecular flexibility index (Phi) is 28.8. The molecule has 0 unspecified atom stereocenters. The normalized spacial score (nSPS) is 25.9. The van der Waals surface area contributed by atoms with Gasteiger partial charge in [-0.15, -0.1) is 0 Å². The Hall–Kier alpha value is -7.25. The van der Waals surface area contributed by atoms with Gasteiger partial charge in [-0.25, -0.2) is 0 Å². The number of hydrogen-bond donors (Lipinski definition) is 17. The molecular formula is C50H82N12O23. The van der Waals surface area contributed by atoms with Gasteiger partial charge in [0, 0.05) is 40.2 Å². The van der Waals surface area contributed by atoms with Crippen LogP contribution in [0.1, 0.15) is 93.4 Å². The Balaban J connectivity index is 2.08. The molecule has 3 fully saturated rings. The molecule has 0 aromatic heterocycles. The fraction of sp³-hybridized carbons (Fsp3) is 0.740. The van der Waals surface area contributed by atoms with Crippen LogP contribution in [-0.2, 0) is 81.3 Å². The monoisotopic (exact) mass is 1220 g/mol. The van der Waals surface area contributed by atoms with E-state index >= 15 is 0 Å². The molecule has 3 aliphatic heterocycles. The van der Waals surface area contributed by atoms with E-state index in [-0.39, 0.29) is 31.7 Å². The molecule has 0 bridgehead atoms. The number of amides is 12. The van der Waals surface area contributed by atoms with Crippen molar-refractivity contribution in [2.45, 2.75) is 197 Å². The molecule has 19 N–H and O–H groups in total. The third-order valence-electron chi connectivity index (χ3n) is 13.6. The van der Waals surface area contributed by atoms with E-state index in [1.54, 1.807) is 13.8 Å². The summed E-state index contributed by atoms with van der Waals surface area (Å²) < 4.78 is 23.9. The lowest BCUT2D eigenvalue weighted by atomic mass is 9.94. The van der Waals surface area contributed by atoms with Crippen molar-refractivity contribution in [3.05, 3.63) is 0 Å². The molecule has 0 spiro atoms. The molecule has 0 aromatic rings. The highest BCUT2D eigenvalue weighted by atomic mass is 16.7. The molecule has 0 radical (unpaired) electrons. The first kappa shape index (κ1) is 72.0. The summed E-state index contributed by atoms with van der Waals surface area (Å²) in [5.74, 6) is -12.6. The van der Waals surface area contributed by atoms with Gasteiger partial charge in [0.25, 0.3) is 0 Å².